The first-order chi connectivity index (χ1) is 23.1. The molecule has 0 aromatic heterocycles. The summed E-state index contributed by atoms with van der Waals surface area (Å²) in [6.45, 7) is 13.3. The SMILES string of the molecule is CC(C)(C)c1cc[c-]cc1.CC(C)(C)c1cc[c-]cc1.Cl.Cl.[C-]1=CC=CC1.[CH2]=[Zr].[c-]1cccc2c1c1c(c3ccccc32)-c2ccccc2C1. The maximum Gasteiger partial charge on any atom is -0.0240 e. The Morgan fingerprint density at radius 3 is 1.60 bits per heavy atom. The van der Waals surface area contributed by atoms with Gasteiger partial charge in [0.15, 0.2) is 0 Å². The maximum absolute atomic E-state index is 3.48. The third-order valence-corrected chi connectivity index (χ3v) is 8.35. The van der Waals surface area contributed by atoms with Crippen LogP contribution in [0.4, 0.5) is 0 Å². The van der Waals surface area contributed by atoms with E-state index in [1.54, 1.807) is 0 Å². The van der Waals surface area contributed by atoms with Crippen LogP contribution >= 0.6 is 24.8 Å². The van der Waals surface area contributed by atoms with Crippen molar-refractivity contribution in [3.05, 3.63) is 180 Å². The van der Waals surface area contributed by atoms with Crippen molar-refractivity contribution in [3.8, 4) is 11.1 Å². The second-order valence-corrected chi connectivity index (χ2v) is 13.8. The third-order valence-electron chi connectivity index (χ3n) is 8.35. The molecule has 0 heterocycles. The number of rotatable bonds is 0. The van der Waals surface area contributed by atoms with E-state index in [1.807, 2.05) is 42.5 Å². The molecule has 258 valence electrons. The van der Waals surface area contributed by atoms with E-state index in [-0.39, 0.29) is 35.6 Å². The van der Waals surface area contributed by atoms with Crippen LogP contribution in [0.25, 0.3) is 32.7 Å². The molecule has 6 aromatic rings. The van der Waals surface area contributed by atoms with Crippen LogP contribution in [0.1, 0.15) is 70.2 Å². The average molecular weight is 775 g/mol. The number of hydrogen-bond acceptors (Lipinski definition) is 0. The maximum atomic E-state index is 3.48. The van der Waals surface area contributed by atoms with Crippen LogP contribution in [0.5, 0.6) is 0 Å². The summed E-state index contributed by atoms with van der Waals surface area (Å²) < 4.78 is 3.34. The minimum atomic E-state index is 0. The predicted octanol–water partition coefficient (Wildman–Crippen LogP) is 13.0. The van der Waals surface area contributed by atoms with E-state index in [0.29, 0.717) is 0 Å². The molecule has 0 N–H and O–H groups in total. The average Bonchev–Trinajstić information content (AvgIpc) is 3.83. The Balaban J connectivity index is 0.000000254. The zero-order chi connectivity index (χ0) is 34.6. The van der Waals surface area contributed by atoms with Crippen LogP contribution in [-0.4, -0.2) is 4.21 Å². The summed E-state index contributed by atoms with van der Waals surface area (Å²) in [5.41, 5.74) is 8.95. The standard InChI is InChI=1S/C21H13.2C10H13.C5H5.CH2.2ClH.Zr/c1-2-8-15-14(7-1)13-20-18-11-4-3-9-16(18)17-10-5-6-12-19(17)21(15)20;2*1-10(2,3)9-7-5-4-6-8-9;1-2-4-5-3-1;;;;/h1-10,12H,13H2;2*5-8H,1-3H3;1-3H,4H2;1H2;2*1H;/q4*-1;;;;. The molecule has 0 radical (unpaired) electrons. The van der Waals surface area contributed by atoms with Crippen LogP contribution in [0.2, 0.25) is 0 Å². The smallest absolute Gasteiger partial charge is 0.0240 e. The first kappa shape index (κ1) is 42.8. The van der Waals surface area contributed by atoms with Gasteiger partial charge in [-0.25, -0.2) is 12.2 Å². The molecular weight excluding hydrogens is 727 g/mol. The summed E-state index contributed by atoms with van der Waals surface area (Å²) >= 11 is 1.30. The molecule has 50 heavy (non-hydrogen) atoms. The van der Waals surface area contributed by atoms with Gasteiger partial charge < -0.3 is 0 Å². The molecule has 8 rings (SSSR count). The molecule has 0 atom stereocenters. The Morgan fingerprint density at radius 1 is 0.600 bits per heavy atom. The summed E-state index contributed by atoms with van der Waals surface area (Å²) in [4.78, 5) is 0. The Morgan fingerprint density at radius 2 is 1.12 bits per heavy atom. The minimum absolute atomic E-state index is 0. The van der Waals surface area contributed by atoms with Gasteiger partial charge in [0.1, 0.15) is 0 Å². The molecule has 0 aliphatic heterocycles. The van der Waals surface area contributed by atoms with E-state index >= 15 is 0 Å². The van der Waals surface area contributed by atoms with Crippen molar-refractivity contribution < 1.29 is 24.2 Å². The molecule has 0 bridgehead atoms. The Labute approximate surface area is 328 Å². The Kier molecular flexibility index (Phi) is 17.5. The van der Waals surface area contributed by atoms with Gasteiger partial charge in [-0.2, -0.15) is 77.9 Å². The Hall–Kier alpha value is -3.35. The topological polar surface area (TPSA) is 0 Å². The summed E-state index contributed by atoms with van der Waals surface area (Å²) in [5.74, 6) is 0. The molecule has 0 unspecified atom stereocenters. The first-order valence-corrected chi connectivity index (χ1v) is 18.3. The van der Waals surface area contributed by atoms with Gasteiger partial charge in [0.05, 0.1) is 0 Å². The number of fused-ring (bicyclic) bond motifs is 8. The summed E-state index contributed by atoms with van der Waals surface area (Å²) in [5, 5.41) is 5.30. The predicted molar refractivity (Wildman–Crippen MR) is 220 cm³/mol. The van der Waals surface area contributed by atoms with E-state index in [0.717, 1.165) is 12.8 Å². The second-order valence-electron chi connectivity index (χ2n) is 13.8. The van der Waals surface area contributed by atoms with Gasteiger partial charge >= 0.3 is 28.4 Å². The summed E-state index contributed by atoms with van der Waals surface area (Å²) in [6, 6.07) is 49.6. The van der Waals surface area contributed by atoms with Gasteiger partial charge in [-0.1, -0.05) is 95.5 Å². The molecule has 2 aliphatic carbocycles. The van der Waals surface area contributed by atoms with E-state index in [9.17, 15) is 0 Å². The number of benzene rings is 6. The fourth-order valence-corrected chi connectivity index (χ4v) is 5.84. The van der Waals surface area contributed by atoms with Crippen molar-refractivity contribution in [2.24, 2.45) is 0 Å². The van der Waals surface area contributed by atoms with Crippen molar-refractivity contribution in [2.45, 2.75) is 65.2 Å². The molecule has 0 nitrogen and oxygen atoms in total. The number of allylic oxidation sites excluding steroid dienone is 4. The van der Waals surface area contributed by atoms with E-state index in [4.69, 9.17) is 0 Å². The number of hydrogen-bond donors (Lipinski definition) is 0. The van der Waals surface area contributed by atoms with Gasteiger partial charge in [0.25, 0.3) is 0 Å². The molecule has 6 aromatic carbocycles. The normalized spacial score (nSPS) is 11.7. The molecular formula is C47H48Cl2Zr-4. The zero-order valence-electron chi connectivity index (χ0n) is 30.1. The largest absolute Gasteiger partial charge is 0.147 e. The second kappa shape index (κ2) is 20.5. The molecule has 2 aliphatic rings. The molecule has 0 fully saturated rings. The van der Waals surface area contributed by atoms with Gasteiger partial charge in [-0.3, -0.25) is 6.08 Å². The van der Waals surface area contributed by atoms with Gasteiger partial charge in [0.2, 0.25) is 0 Å². The van der Waals surface area contributed by atoms with E-state index in [1.165, 1.54) is 79.2 Å². The van der Waals surface area contributed by atoms with Gasteiger partial charge in [-0.15, -0.1) is 71.8 Å². The van der Waals surface area contributed by atoms with Crippen molar-refractivity contribution in [1.82, 2.24) is 0 Å². The van der Waals surface area contributed by atoms with Crippen LogP contribution < -0.4 is 0 Å². The van der Waals surface area contributed by atoms with E-state index < -0.39 is 0 Å². The summed E-state index contributed by atoms with van der Waals surface area (Å²) in [6.07, 6.45) is 11.0. The molecule has 0 amide bonds. The summed E-state index contributed by atoms with van der Waals surface area (Å²) in [7, 11) is 0. The zero-order valence-corrected chi connectivity index (χ0v) is 34.2. The monoisotopic (exact) mass is 772 g/mol. The minimum Gasteiger partial charge on any atom is -0.147 e. The quantitative estimate of drug-likeness (QED) is 0.106. The van der Waals surface area contributed by atoms with E-state index in [2.05, 4.69) is 161 Å². The first-order valence-electron chi connectivity index (χ1n) is 16.6. The number of halogens is 2. The van der Waals surface area contributed by atoms with Gasteiger partial charge in [0, 0.05) is 0 Å². The fourth-order valence-electron chi connectivity index (χ4n) is 5.84. The third kappa shape index (κ3) is 11.3. The molecule has 0 saturated heterocycles. The van der Waals surface area contributed by atoms with Crippen LogP contribution in [0.3, 0.4) is 0 Å². The molecule has 3 heteroatoms. The molecule has 0 spiro atoms. The van der Waals surface area contributed by atoms with Crippen LogP contribution in [0.15, 0.2) is 133 Å². The van der Waals surface area contributed by atoms with Gasteiger partial charge in [-0.05, 0) is 39.3 Å². The van der Waals surface area contributed by atoms with Crippen molar-refractivity contribution in [1.29, 1.82) is 0 Å². The van der Waals surface area contributed by atoms with Crippen molar-refractivity contribution in [2.75, 3.05) is 0 Å². The van der Waals surface area contributed by atoms with Crippen molar-refractivity contribution in [3.63, 3.8) is 0 Å². The van der Waals surface area contributed by atoms with Crippen molar-refractivity contribution >= 4 is 50.6 Å². The Bertz CT molecular complexity index is 1900. The van der Waals surface area contributed by atoms with Crippen LogP contribution in [0, 0.1) is 24.3 Å². The molecule has 0 saturated carbocycles. The van der Waals surface area contributed by atoms with Crippen LogP contribution in [-0.2, 0) is 41.5 Å². The fraction of sp³-hybridized carbons (Fsp3) is 0.213.